The van der Waals surface area contributed by atoms with Crippen LogP contribution in [0.5, 0.6) is 0 Å². The molecule has 1 aliphatic rings. The van der Waals surface area contributed by atoms with Gasteiger partial charge in [0.2, 0.25) is 10.9 Å². The van der Waals surface area contributed by atoms with Crippen LogP contribution >= 0.6 is 39.0 Å². The normalized spacial score (nSPS) is 15.5. The molecule has 0 fully saturated rings. The summed E-state index contributed by atoms with van der Waals surface area (Å²) < 4.78 is 21.1. The fourth-order valence-electron chi connectivity index (χ4n) is 4.37. The van der Waals surface area contributed by atoms with E-state index in [0.29, 0.717) is 26.8 Å². The lowest BCUT2D eigenvalue weighted by molar-refractivity contribution is -0.117. The second kappa shape index (κ2) is 10.4. The van der Waals surface area contributed by atoms with E-state index in [1.54, 1.807) is 54.6 Å². The summed E-state index contributed by atoms with van der Waals surface area (Å²) >= 11 is 5.84. The molecule has 6 rings (SSSR count). The van der Waals surface area contributed by atoms with Crippen LogP contribution < -0.4 is 4.90 Å². The maximum Gasteiger partial charge on any atom is 0.296 e. The summed E-state index contributed by atoms with van der Waals surface area (Å²) in [6.07, 6.45) is 0. The third-order valence-electron chi connectivity index (χ3n) is 6.18. The number of nitrogens with zero attached hydrogens (tertiary/aromatic N) is 3. The van der Waals surface area contributed by atoms with E-state index < -0.39 is 23.5 Å². The molecule has 3 aromatic carbocycles. The van der Waals surface area contributed by atoms with Crippen LogP contribution in [0.25, 0.3) is 11.0 Å². The van der Waals surface area contributed by atoms with Crippen LogP contribution in [0, 0.1) is 5.82 Å². The molecule has 1 aliphatic heterocycles. The molecule has 0 aliphatic carbocycles. The molecule has 0 radical (unpaired) electrons. The molecule has 0 spiro atoms. The Kier molecular flexibility index (Phi) is 6.79. The van der Waals surface area contributed by atoms with Crippen molar-refractivity contribution in [3.8, 4) is 0 Å². The lowest BCUT2D eigenvalue weighted by atomic mass is 9.95. The lowest BCUT2D eigenvalue weighted by Gasteiger charge is -2.24. The van der Waals surface area contributed by atoms with E-state index >= 15 is 0 Å². The number of rotatable bonds is 7. The molecule has 3 heterocycles. The third kappa shape index (κ3) is 4.77. The molecule has 5 aromatic rings. The number of fused-ring (bicyclic) bond motifs is 1. The van der Waals surface area contributed by atoms with Gasteiger partial charge in [-0.2, -0.15) is 0 Å². The van der Waals surface area contributed by atoms with Gasteiger partial charge in [-0.1, -0.05) is 87.6 Å². The van der Waals surface area contributed by atoms with Crippen LogP contribution in [0.2, 0.25) is 0 Å². The molecule has 0 saturated heterocycles. The standard InChI is InChI=1S/C28H17BrFN3O4S2/c29-18-9-5-8-16(12-18)23-22(24(34)21-13-15-6-2-4-11-20(15)37-21)25(35)26(36)33(23)27-31-32-28(39-27)38-14-17-7-1-3-10-19(17)30/h1-13,23,35H,14H2. The minimum absolute atomic E-state index is 0.00536. The van der Waals surface area contributed by atoms with Gasteiger partial charge in [-0.15, -0.1) is 10.2 Å². The fraction of sp³-hybridized carbons (Fsp3) is 0.0714. The van der Waals surface area contributed by atoms with Crippen molar-refractivity contribution in [1.82, 2.24) is 10.2 Å². The van der Waals surface area contributed by atoms with Gasteiger partial charge in [-0.25, -0.2) is 4.39 Å². The number of aliphatic hydroxyl groups excluding tert-OH is 1. The Bertz CT molecular complexity index is 1750. The summed E-state index contributed by atoms with van der Waals surface area (Å²) in [4.78, 5) is 28.4. The zero-order valence-electron chi connectivity index (χ0n) is 19.9. The highest BCUT2D eigenvalue weighted by Crippen LogP contribution is 2.44. The molecule has 7 nitrogen and oxygen atoms in total. The van der Waals surface area contributed by atoms with Crippen LogP contribution in [0.3, 0.4) is 0 Å². The number of benzene rings is 3. The lowest BCUT2D eigenvalue weighted by Crippen LogP contribution is -2.31. The number of para-hydroxylation sites is 1. The molecule has 194 valence electrons. The van der Waals surface area contributed by atoms with Gasteiger partial charge in [-0.3, -0.25) is 14.5 Å². The average molecular weight is 622 g/mol. The molecule has 2 aromatic heterocycles. The summed E-state index contributed by atoms with van der Waals surface area (Å²) in [6.45, 7) is 0. The van der Waals surface area contributed by atoms with E-state index in [2.05, 4.69) is 26.1 Å². The number of halogens is 2. The number of anilines is 1. The number of carbonyl (C=O) groups is 2. The number of amides is 1. The number of hydrogen-bond acceptors (Lipinski definition) is 8. The number of aromatic nitrogens is 2. The van der Waals surface area contributed by atoms with Crippen LogP contribution in [-0.4, -0.2) is 27.0 Å². The SMILES string of the molecule is O=C(C1=C(O)C(=O)N(c2nnc(SCc3ccccc3F)s2)C1c1cccc(Br)c1)c1cc2ccccc2o1. The van der Waals surface area contributed by atoms with Crippen LogP contribution in [-0.2, 0) is 10.5 Å². The first kappa shape index (κ1) is 25.5. The Morgan fingerprint density at radius 3 is 2.67 bits per heavy atom. The Labute approximate surface area is 238 Å². The largest absolute Gasteiger partial charge is 0.503 e. The minimum Gasteiger partial charge on any atom is -0.503 e. The summed E-state index contributed by atoms with van der Waals surface area (Å²) in [5.41, 5.74) is 1.49. The Morgan fingerprint density at radius 1 is 1.08 bits per heavy atom. The molecule has 1 unspecified atom stereocenters. The van der Waals surface area contributed by atoms with Gasteiger partial charge in [0.15, 0.2) is 15.9 Å². The first-order valence-electron chi connectivity index (χ1n) is 11.7. The van der Waals surface area contributed by atoms with Gasteiger partial charge in [0, 0.05) is 15.6 Å². The predicted molar refractivity (Wildman–Crippen MR) is 150 cm³/mol. The van der Waals surface area contributed by atoms with Crippen molar-refractivity contribution in [2.24, 2.45) is 0 Å². The van der Waals surface area contributed by atoms with Gasteiger partial charge in [0.1, 0.15) is 11.4 Å². The third-order valence-corrected chi connectivity index (χ3v) is 8.78. The van der Waals surface area contributed by atoms with Crippen LogP contribution in [0.1, 0.15) is 27.7 Å². The van der Waals surface area contributed by atoms with E-state index in [4.69, 9.17) is 4.42 Å². The molecule has 39 heavy (non-hydrogen) atoms. The van der Waals surface area contributed by atoms with Crippen molar-refractivity contribution in [3.63, 3.8) is 0 Å². The number of carbonyl (C=O) groups excluding carboxylic acids is 2. The van der Waals surface area contributed by atoms with Crippen LogP contribution in [0.15, 0.2) is 103 Å². The Hall–Kier alpha value is -3.80. The monoisotopic (exact) mass is 621 g/mol. The molecular formula is C28H17BrFN3O4S2. The second-order valence-electron chi connectivity index (χ2n) is 8.60. The number of Topliss-reactive ketones (excluding diaryl/α,β-unsaturated/α-hetero) is 1. The first-order chi connectivity index (χ1) is 18.9. The highest BCUT2D eigenvalue weighted by molar-refractivity contribution is 9.10. The molecule has 1 atom stereocenters. The van der Waals surface area contributed by atoms with E-state index in [-0.39, 0.29) is 22.3 Å². The predicted octanol–water partition coefficient (Wildman–Crippen LogP) is 7.26. The molecular weight excluding hydrogens is 605 g/mol. The number of hydrogen-bond donors (Lipinski definition) is 1. The van der Waals surface area contributed by atoms with Gasteiger partial charge in [0.05, 0.1) is 11.6 Å². The molecule has 1 N–H and O–H groups in total. The van der Waals surface area contributed by atoms with E-state index in [9.17, 15) is 19.1 Å². The molecule has 0 saturated carbocycles. The molecule has 0 bridgehead atoms. The minimum atomic E-state index is -0.979. The molecule has 11 heteroatoms. The van der Waals surface area contributed by atoms with Gasteiger partial charge >= 0.3 is 0 Å². The highest BCUT2D eigenvalue weighted by Gasteiger charge is 2.46. The summed E-state index contributed by atoms with van der Waals surface area (Å²) in [5, 5.41) is 20.3. The fourth-order valence-corrected chi connectivity index (χ4v) is 6.64. The van der Waals surface area contributed by atoms with E-state index in [1.807, 2.05) is 18.2 Å². The van der Waals surface area contributed by atoms with Crippen molar-refractivity contribution in [2.75, 3.05) is 4.90 Å². The topological polar surface area (TPSA) is 96.5 Å². The van der Waals surface area contributed by atoms with E-state index in [0.717, 1.165) is 21.2 Å². The van der Waals surface area contributed by atoms with Gasteiger partial charge in [0.25, 0.3) is 5.91 Å². The quantitative estimate of drug-likeness (QED) is 0.116. The zero-order valence-corrected chi connectivity index (χ0v) is 23.1. The maximum atomic E-state index is 14.1. The van der Waals surface area contributed by atoms with Gasteiger partial charge in [-0.05, 0) is 41.5 Å². The van der Waals surface area contributed by atoms with Crippen molar-refractivity contribution in [1.29, 1.82) is 0 Å². The van der Waals surface area contributed by atoms with Crippen LogP contribution in [0.4, 0.5) is 9.52 Å². The zero-order chi connectivity index (χ0) is 27.1. The highest BCUT2D eigenvalue weighted by atomic mass is 79.9. The Balaban J connectivity index is 1.37. The average Bonchev–Trinajstić information content (AvgIpc) is 3.64. The van der Waals surface area contributed by atoms with Crippen molar-refractivity contribution in [2.45, 2.75) is 16.1 Å². The summed E-state index contributed by atoms with van der Waals surface area (Å²) in [6, 6.07) is 21.3. The van der Waals surface area contributed by atoms with E-state index in [1.165, 1.54) is 22.7 Å². The Morgan fingerprint density at radius 2 is 1.87 bits per heavy atom. The number of thioether (sulfide) groups is 1. The van der Waals surface area contributed by atoms with Gasteiger partial charge < -0.3 is 9.52 Å². The summed E-state index contributed by atoms with van der Waals surface area (Å²) in [7, 11) is 0. The number of ketones is 1. The number of furan rings is 1. The first-order valence-corrected chi connectivity index (χ1v) is 14.3. The van der Waals surface area contributed by atoms with Crippen molar-refractivity contribution >= 4 is 66.8 Å². The smallest absolute Gasteiger partial charge is 0.296 e. The van der Waals surface area contributed by atoms with Crippen molar-refractivity contribution in [3.05, 3.63) is 117 Å². The molecule has 1 amide bonds. The summed E-state index contributed by atoms with van der Waals surface area (Å²) in [5.74, 6) is -2.05. The van der Waals surface area contributed by atoms with Crippen molar-refractivity contribution < 1.29 is 23.5 Å². The second-order valence-corrected chi connectivity index (χ2v) is 11.7. The maximum absolute atomic E-state index is 14.1. The number of aliphatic hydroxyl groups is 1.